The van der Waals surface area contributed by atoms with Gasteiger partial charge in [-0.15, -0.1) is 11.3 Å². The van der Waals surface area contributed by atoms with Gasteiger partial charge >= 0.3 is 6.09 Å². The van der Waals surface area contributed by atoms with E-state index in [2.05, 4.69) is 10.3 Å². The number of pyridine rings is 1. The first kappa shape index (κ1) is 14.1. The van der Waals surface area contributed by atoms with Gasteiger partial charge in [-0.2, -0.15) is 0 Å². The number of amides is 1. The molecule has 0 spiro atoms. The number of carbonyl (C=O) groups is 1. The Morgan fingerprint density at radius 3 is 2.89 bits per heavy atom. The van der Waals surface area contributed by atoms with Crippen LogP contribution in [0, 0.1) is 0 Å². The van der Waals surface area contributed by atoms with Gasteiger partial charge in [0.1, 0.15) is 10.8 Å². The number of carbonyl (C=O) groups excluding carboxylic acids is 1. The second-order valence-electron chi connectivity index (χ2n) is 5.11. The molecule has 0 aromatic carbocycles. The van der Waals surface area contributed by atoms with E-state index >= 15 is 0 Å². The highest BCUT2D eigenvalue weighted by Gasteiger charge is 2.16. The molecule has 0 bridgehead atoms. The summed E-state index contributed by atoms with van der Waals surface area (Å²) in [7, 11) is 0. The third kappa shape index (κ3) is 4.08. The summed E-state index contributed by atoms with van der Waals surface area (Å²) in [5.41, 5.74) is -0.484. The van der Waals surface area contributed by atoms with E-state index in [0.29, 0.717) is 11.7 Å². The molecule has 0 aliphatic rings. The first-order valence-electron chi connectivity index (χ1n) is 5.84. The van der Waals surface area contributed by atoms with Gasteiger partial charge in [0, 0.05) is 11.1 Å². The SMILES string of the molecule is CC(C)(C)OC(=O)NCc1cc2cc(Cl)ncc2s1. The van der Waals surface area contributed by atoms with Crippen molar-refractivity contribution in [3.63, 3.8) is 0 Å². The molecule has 1 N–H and O–H groups in total. The van der Waals surface area contributed by atoms with Crippen LogP contribution in [0.25, 0.3) is 10.1 Å². The quantitative estimate of drug-likeness (QED) is 0.853. The highest BCUT2D eigenvalue weighted by Crippen LogP contribution is 2.26. The van der Waals surface area contributed by atoms with E-state index in [-0.39, 0.29) is 0 Å². The molecule has 0 aliphatic carbocycles. The standard InChI is InChI=1S/C13H15ClN2O2S/c1-13(2,3)18-12(17)16-6-9-4-8-5-11(14)15-7-10(8)19-9/h4-5,7H,6H2,1-3H3,(H,16,17). The number of alkyl carbamates (subject to hydrolysis) is 1. The fourth-order valence-corrected chi connectivity index (χ4v) is 2.65. The van der Waals surface area contributed by atoms with Gasteiger partial charge in [0.15, 0.2) is 0 Å². The Kier molecular flexibility index (Phi) is 3.96. The first-order valence-corrected chi connectivity index (χ1v) is 7.04. The summed E-state index contributed by atoms with van der Waals surface area (Å²) in [6.45, 7) is 5.94. The Morgan fingerprint density at radius 2 is 2.21 bits per heavy atom. The fourth-order valence-electron chi connectivity index (χ4n) is 1.53. The van der Waals surface area contributed by atoms with Gasteiger partial charge in [-0.25, -0.2) is 9.78 Å². The maximum Gasteiger partial charge on any atom is 0.407 e. The number of halogens is 1. The molecule has 2 aromatic rings. The van der Waals surface area contributed by atoms with E-state index in [1.54, 1.807) is 17.5 Å². The zero-order valence-electron chi connectivity index (χ0n) is 11.0. The van der Waals surface area contributed by atoms with Crippen LogP contribution in [0.15, 0.2) is 18.3 Å². The molecular formula is C13H15ClN2O2S. The maximum absolute atomic E-state index is 11.5. The number of hydrogen-bond donors (Lipinski definition) is 1. The van der Waals surface area contributed by atoms with Crippen LogP contribution < -0.4 is 5.32 Å². The van der Waals surface area contributed by atoms with Crippen molar-refractivity contribution in [1.29, 1.82) is 0 Å². The predicted octanol–water partition coefficient (Wildman–Crippen LogP) is 3.97. The van der Waals surface area contributed by atoms with Crippen LogP contribution in [-0.4, -0.2) is 16.7 Å². The highest BCUT2D eigenvalue weighted by atomic mass is 35.5. The number of rotatable bonds is 2. The Morgan fingerprint density at radius 1 is 1.47 bits per heavy atom. The van der Waals surface area contributed by atoms with E-state index < -0.39 is 11.7 Å². The van der Waals surface area contributed by atoms with Gasteiger partial charge in [-0.05, 0) is 38.3 Å². The first-order chi connectivity index (χ1) is 8.83. The molecule has 0 fully saturated rings. The normalized spacial score (nSPS) is 11.6. The summed E-state index contributed by atoms with van der Waals surface area (Å²) >= 11 is 7.41. The Bertz CT molecular complexity index is 604. The van der Waals surface area contributed by atoms with Gasteiger partial charge in [0.2, 0.25) is 0 Å². The van der Waals surface area contributed by atoms with E-state index in [1.165, 1.54) is 0 Å². The zero-order valence-corrected chi connectivity index (χ0v) is 12.6. The average Bonchev–Trinajstić information content (AvgIpc) is 2.66. The van der Waals surface area contributed by atoms with Gasteiger partial charge in [0.25, 0.3) is 0 Å². The number of hydrogen-bond acceptors (Lipinski definition) is 4. The second kappa shape index (κ2) is 5.35. The second-order valence-corrected chi connectivity index (χ2v) is 6.67. The Balaban J connectivity index is 2.00. The third-order valence-electron chi connectivity index (χ3n) is 2.23. The molecule has 0 unspecified atom stereocenters. The van der Waals surface area contributed by atoms with Crippen LogP contribution >= 0.6 is 22.9 Å². The summed E-state index contributed by atoms with van der Waals surface area (Å²) in [4.78, 5) is 16.6. The molecule has 0 saturated carbocycles. The molecule has 0 aliphatic heterocycles. The number of aromatic nitrogens is 1. The molecular weight excluding hydrogens is 284 g/mol. The van der Waals surface area contributed by atoms with Crippen LogP contribution in [-0.2, 0) is 11.3 Å². The molecule has 2 heterocycles. The van der Waals surface area contributed by atoms with Crippen molar-refractivity contribution >= 4 is 39.1 Å². The van der Waals surface area contributed by atoms with E-state index in [4.69, 9.17) is 16.3 Å². The Hall–Kier alpha value is -1.33. The molecule has 102 valence electrons. The van der Waals surface area contributed by atoms with Crippen molar-refractivity contribution in [3.8, 4) is 0 Å². The lowest BCUT2D eigenvalue weighted by Crippen LogP contribution is -2.31. The van der Waals surface area contributed by atoms with Crippen molar-refractivity contribution in [2.24, 2.45) is 0 Å². The van der Waals surface area contributed by atoms with E-state index in [0.717, 1.165) is 15.0 Å². The topological polar surface area (TPSA) is 51.2 Å². The summed E-state index contributed by atoms with van der Waals surface area (Å²) in [6.07, 6.45) is 1.32. The lowest BCUT2D eigenvalue weighted by molar-refractivity contribution is 0.0524. The monoisotopic (exact) mass is 298 g/mol. The number of fused-ring (bicyclic) bond motifs is 1. The van der Waals surface area contributed by atoms with Crippen molar-refractivity contribution < 1.29 is 9.53 Å². The van der Waals surface area contributed by atoms with E-state index in [9.17, 15) is 4.79 Å². The third-order valence-corrected chi connectivity index (χ3v) is 3.52. The minimum atomic E-state index is -0.484. The summed E-state index contributed by atoms with van der Waals surface area (Å²) in [6, 6.07) is 3.80. The van der Waals surface area contributed by atoms with Crippen LogP contribution in [0.3, 0.4) is 0 Å². The van der Waals surface area contributed by atoms with Crippen LogP contribution in [0.4, 0.5) is 4.79 Å². The minimum Gasteiger partial charge on any atom is -0.444 e. The molecule has 0 atom stereocenters. The molecule has 0 saturated heterocycles. The number of nitrogens with zero attached hydrogens (tertiary/aromatic N) is 1. The lowest BCUT2D eigenvalue weighted by Gasteiger charge is -2.19. The molecule has 19 heavy (non-hydrogen) atoms. The van der Waals surface area contributed by atoms with Gasteiger partial charge in [-0.3, -0.25) is 0 Å². The number of thiophene rings is 1. The van der Waals surface area contributed by atoms with Crippen LogP contribution in [0.1, 0.15) is 25.6 Å². The summed E-state index contributed by atoms with van der Waals surface area (Å²) in [5.74, 6) is 0. The highest BCUT2D eigenvalue weighted by molar-refractivity contribution is 7.19. The molecule has 2 rings (SSSR count). The number of nitrogens with one attached hydrogen (secondary N) is 1. The van der Waals surface area contributed by atoms with Crippen molar-refractivity contribution in [1.82, 2.24) is 10.3 Å². The minimum absolute atomic E-state index is 0.416. The smallest absolute Gasteiger partial charge is 0.407 e. The van der Waals surface area contributed by atoms with Gasteiger partial charge < -0.3 is 10.1 Å². The zero-order chi connectivity index (χ0) is 14.0. The Labute approximate surface area is 120 Å². The molecule has 2 aromatic heterocycles. The largest absolute Gasteiger partial charge is 0.444 e. The lowest BCUT2D eigenvalue weighted by atomic mass is 10.2. The fraction of sp³-hybridized carbons (Fsp3) is 0.385. The van der Waals surface area contributed by atoms with Gasteiger partial charge in [0.05, 0.1) is 11.2 Å². The molecule has 6 heteroatoms. The molecule has 1 amide bonds. The summed E-state index contributed by atoms with van der Waals surface area (Å²) in [5, 5.41) is 4.23. The van der Waals surface area contributed by atoms with E-state index in [1.807, 2.05) is 32.9 Å². The van der Waals surface area contributed by atoms with Gasteiger partial charge in [-0.1, -0.05) is 11.6 Å². The predicted molar refractivity (Wildman–Crippen MR) is 77.7 cm³/mol. The summed E-state index contributed by atoms with van der Waals surface area (Å²) < 4.78 is 6.22. The molecule has 4 nitrogen and oxygen atoms in total. The number of ether oxygens (including phenoxy) is 1. The van der Waals surface area contributed by atoms with Crippen LogP contribution in [0.2, 0.25) is 5.15 Å². The van der Waals surface area contributed by atoms with Crippen molar-refractivity contribution in [2.45, 2.75) is 32.9 Å². The van der Waals surface area contributed by atoms with Crippen molar-refractivity contribution in [3.05, 3.63) is 28.4 Å². The maximum atomic E-state index is 11.5. The van der Waals surface area contributed by atoms with Crippen molar-refractivity contribution in [2.75, 3.05) is 0 Å². The molecule has 0 radical (unpaired) electrons. The average molecular weight is 299 g/mol. The van der Waals surface area contributed by atoms with Crippen LogP contribution in [0.5, 0.6) is 0 Å².